The van der Waals surface area contributed by atoms with E-state index in [0.717, 1.165) is 0 Å². The van der Waals surface area contributed by atoms with Crippen LogP contribution in [0, 0.1) is 24.1 Å². The molecule has 0 saturated heterocycles. The second-order valence-electron chi connectivity index (χ2n) is 5.69. The summed E-state index contributed by atoms with van der Waals surface area (Å²) in [6.07, 6.45) is 2.42. The second kappa shape index (κ2) is 7.25. The number of hydrogen-bond acceptors (Lipinski definition) is 4. The summed E-state index contributed by atoms with van der Waals surface area (Å²) in [5.74, 6) is -0.365. The zero-order valence-electron chi connectivity index (χ0n) is 13.9. The lowest BCUT2D eigenvalue weighted by Crippen LogP contribution is -2.29. The summed E-state index contributed by atoms with van der Waals surface area (Å²) in [5, 5.41) is 22.2. The molecule has 3 aromatic rings. The number of nitrogens with one attached hydrogen (secondary N) is 1. The van der Waals surface area contributed by atoms with Gasteiger partial charge in [0.05, 0.1) is 6.10 Å². The van der Waals surface area contributed by atoms with Gasteiger partial charge in [-0.2, -0.15) is 5.26 Å². The minimum atomic E-state index is -0.999. The summed E-state index contributed by atoms with van der Waals surface area (Å²) in [5.41, 5.74) is 0.721. The maximum Gasteiger partial charge on any atom is 0.256 e. The summed E-state index contributed by atoms with van der Waals surface area (Å²) < 4.78 is 20.1. The maximum absolute atomic E-state index is 12.9. The molecule has 0 aliphatic rings. The van der Waals surface area contributed by atoms with Gasteiger partial charge in [0, 0.05) is 18.9 Å². The summed E-state index contributed by atoms with van der Waals surface area (Å²) >= 11 is 0. The molecule has 7 heteroatoms. The van der Waals surface area contributed by atoms with E-state index in [1.165, 1.54) is 24.3 Å². The first kappa shape index (κ1) is 17.5. The lowest BCUT2D eigenvalue weighted by atomic mass is 10.1. The van der Waals surface area contributed by atoms with Crippen LogP contribution in [0.2, 0.25) is 0 Å². The van der Waals surface area contributed by atoms with Gasteiger partial charge in [0.15, 0.2) is 0 Å². The molecule has 0 unspecified atom stereocenters. The summed E-state index contributed by atoms with van der Waals surface area (Å²) in [7, 11) is 0. The lowest BCUT2D eigenvalue weighted by Gasteiger charge is -2.12. The van der Waals surface area contributed by atoms with Crippen molar-refractivity contribution < 1.29 is 18.7 Å². The van der Waals surface area contributed by atoms with E-state index in [4.69, 9.17) is 4.42 Å². The standard InChI is InChI=1S/C19H16FN3O3/c1-12-17(15(10-21)19(26-12)23-8-2-3-9-23)18(25)22-11-16(24)13-4-6-14(20)7-5-13/h2-9,16,24H,11H2,1H3,(H,22,25)/t16-/m0/s1. The number of nitriles is 1. The average Bonchev–Trinajstić information content (AvgIpc) is 3.27. The van der Waals surface area contributed by atoms with E-state index < -0.39 is 17.8 Å². The molecule has 2 aromatic heterocycles. The summed E-state index contributed by atoms with van der Waals surface area (Å²) in [4.78, 5) is 12.5. The third-order valence-electron chi connectivity index (χ3n) is 3.95. The van der Waals surface area contributed by atoms with E-state index in [1.54, 1.807) is 36.0 Å². The number of furan rings is 1. The van der Waals surface area contributed by atoms with Crippen molar-refractivity contribution in [1.29, 1.82) is 5.26 Å². The molecule has 1 aromatic carbocycles. The molecule has 1 atom stereocenters. The van der Waals surface area contributed by atoms with Crippen molar-refractivity contribution in [1.82, 2.24) is 9.88 Å². The number of benzene rings is 1. The highest BCUT2D eigenvalue weighted by atomic mass is 19.1. The van der Waals surface area contributed by atoms with E-state index in [9.17, 15) is 19.6 Å². The van der Waals surface area contributed by atoms with Crippen molar-refractivity contribution in [2.45, 2.75) is 13.0 Å². The highest BCUT2D eigenvalue weighted by Gasteiger charge is 2.24. The molecule has 0 bridgehead atoms. The largest absolute Gasteiger partial charge is 0.443 e. The van der Waals surface area contributed by atoms with E-state index in [1.807, 2.05) is 6.07 Å². The topological polar surface area (TPSA) is 91.2 Å². The molecular weight excluding hydrogens is 337 g/mol. The van der Waals surface area contributed by atoms with E-state index in [0.29, 0.717) is 11.3 Å². The number of carbonyl (C=O) groups excluding carboxylic acids is 1. The molecule has 0 spiro atoms. The molecule has 0 aliphatic heterocycles. The van der Waals surface area contributed by atoms with Crippen LogP contribution >= 0.6 is 0 Å². The van der Waals surface area contributed by atoms with Gasteiger partial charge in [-0.3, -0.25) is 9.36 Å². The van der Waals surface area contributed by atoms with Gasteiger partial charge in [-0.25, -0.2) is 4.39 Å². The summed E-state index contributed by atoms with van der Waals surface area (Å²) in [6, 6.07) is 10.9. The molecule has 2 heterocycles. The maximum atomic E-state index is 12.9. The van der Waals surface area contributed by atoms with Crippen LogP contribution in [-0.4, -0.2) is 22.1 Å². The van der Waals surface area contributed by atoms with Crippen LogP contribution in [0.5, 0.6) is 0 Å². The summed E-state index contributed by atoms with van der Waals surface area (Å²) in [6.45, 7) is 1.51. The SMILES string of the molecule is Cc1oc(-n2cccc2)c(C#N)c1C(=O)NC[C@H](O)c1ccc(F)cc1. The predicted molar refractivity (Wildman–Crippen MR) is 91.2 cm³/mol. The van der Waals surface area contributed by atoms with Crippen molar-refractivity contribution in [3.63, 3.8) is 0 Å². The number of rotatable bonds is 5. The number of aryl methyl sites for hydroxylation is 1. The van der Waals surface area contributed by atoms with Crippen LogP contribution in [0.15, 0.2) is 53.2 Å². The van der Waals surface area contributed by atoms with Crippen molar-refractivity contribution in [3.05, 3.63) is 77.1 Å². The fourth-order valence-corrected chi connectivity index (χ4v) is 2.64. The van der Waals surface area contributed by atoms with E-state index in [2.05, 4.69) is 5.32 Å². The Morgan fingerprint density at radius 3 is 2.62 bits per heavy atom. The first-order valence-corrected chi connectivity index (χ1v) is 7.90. The number of aliphatic hydroxyl groups is 1. The molecule has 0 fully saturated rings. The van der Waals surface area contributed by atoms with Crippen LogP contribution < -0.4 is 5.32 Å². The van der Waals surface area contributed by atoms with Gasteiger partial charge in [0.2, 0.25) is 5.88 Å². The fraction of sp³-hybridized carbons (Fsp3) is 0.158. The molecule has 0 saturated carbocycles. The monoisotopic (exact) mass is 353 g/mol. The van der Waals surface area contributed by atoms with Crippen LogP contribution in [0.4, 0.5) is 4.39 Å². The number of aromatic nitrogens is 1. The smallest absolute Gasteiger partial charge is 0.256 e. The number of amides is 1. The Labute approximate surface area is 149 Å². The van der Waals surface area contributed by atoms with E-state index >= 15 is 0 Å². The van der Waals surface area contributed by atoms with Gasteiger partial charge in [0.25, 0.3) is 5.91 Å². The first-order chi connectivity index (χ1) is 12.5. The zero-order chi connectivity index (χ0) is 18.7. The number of carbonyl (C=O) groups is 1. The molecule has 0 aliphatic carbocycles. The van der Waals surface area contributed by atoms with E-state index in [-0.39, 0.29) is 23.6 Å². The number of hydrogen-bond donors (Lipinski definition) is 2. The van der Waals surface area contributed by atoms with Crippen LogP contribution in [0.3, 0.4) is 0 Å². The Morgan fingerprint density at radius 2 is 2.00 bits per heavy atom. The normalized spacial score (nSPS) is 11.8. The van der Waals surface area contributed by atoms with Gasteiger partial charge in [0.1, 0.15) is 28.8 Å². The average molecular weight is 353 g/mol. The molecule has 6 nitrogen and oxygen atoms in total. The first-order valence-electron chi connectivity index (χ1n) is 7.90. The Morgan fingerprint density at radius 1 is 1.35 bits per heavy atom. The molecule has 1 amide bonds. The predicted octanol–water partition coefficient (Wildman–Crippen LogP) is 2.85. The van der Waals surface area contributed by atoms with Gasteiger partial charge < -0.3 is 14.8 Å². The quantitative estimate of drug-likeness (QED) is 0.738. The molecular formula is C19H16FN3O3. The number of nitrogens with zero attached hydrogens (tertiary/aromatic N) is 2. The van der Waals surface area contributed by atoms with Crippen LogP contribution in [0.1, 0.15) is 33.3 Å². The van der Waals surface area contributed by atoms with Crippen molar-refractivity contribution >= 4 is 5.91 Å². The third-order valence-corrected chi connectivity index (χ3v) is 3.95. The fourth-order valence-electron chi connectivity index (χ4n) is 2.64. The highest BCUT2D eigenvalue weighted by Crippen LogP contribution is 2.25. The molecule has 26 heavy (non-hydrogen) atoms. The third kappa shape index (κ3) is 3.36. The number of aliphatic hydroxyl groups excluding tert-OH is 1. The number of halogens is 1. The Hall–Kier alpha value is -3.37. The Bertz CT molecular complexity index is 953. The molecule has 2 N–H and O–H groups in total. The zero-order valence-corrected chi connectivity index (χ0v) is 13.9. The Kier molecular flexibility index (Phi) is 4.87. The van der Waals surface area contributed by atoms with Gasteiger partial charge in [-0.15, -0.1) is 0 Å². The van der Waals surface area contributed by atoms with Crippen LogP contribution in [-0.2, 0) is 0 Å². The molecule has 0 radical (unpaired) electrons. The minimum absolute atomic E-state index is 0.0845. The van der Waals surface area contributed by atoms with Gasteiger partial charge in [-0.05, 0) is 36.8 Å². The highest BCUT2D eigenvalue weighted by molar-refractivity contribution is 5.98. The van der Waals surface area contributed by atoms with Crippen molar-refractivity contribution in [3.8, 4) is 12.0 Å². The van der Waals surface area contributed by atoms with Crippen LogP contribution in [0.25, 0.3) is 5.88 Å². The van der Waals surface area contributed by atoms with Gasteiger partial charge >= 0.3 is 0 Å². The minimum Gasteiger partial charge on any atom is -0.443 e. The van der Waals surface area contributed by atoms with Crippen molar-refractivity contribution in [2.75, 3.05) is 6.54 Å². The second-order valence-corrected chi connectivity index (χ2v) is 5.69. The molecule has 132 valence electrons. The molecule has 3 rings (SSSR count). The van der Waals surface area contributed by atoms with Crippen molar-refractivity contribution in [2.24, 2.45) is 0 Å². The lowest BCUT2D eigenvalue weighted by molar-refractivity contribution is 0.0914. The Balaban J connectivity index is 1.78. The van der Waals surface area contributed by atoms with Gasteiger partial charge in [-0.1, -0.05) is 12.1 Å².